The monoisotopic (exact) mass is 474 g/mol. The molecule has 0 spiro atoms. The van der Waals surface area contributed by atoms with Gasteiger partial charge in [-0.1, -0.05) is 35.9 Å². The van der Waals surface area contributed by atoms with E-state index in [1.807, 2.05) is 19.1 Å². The zero-order valence-corrected chi connectivity index (χ0v) is 19.6. The number of sulfone groups is 1. The Morgan fingerprint density at radius 2 is 1.50 bits per heavy atom. The molecule has 3 aromatic carbocycles. The first-order chi connectivity index (χ1) is 16.2. The van der Waals surface area contributed by atoms with E-state index in [1.54, 1.807) is 62.6 Å². The number of fused-ring (bicyclic) bond motifs is 2. The van der Waals surface area contributed by atoms with E-state index < -0.39 is 15.7 Å². The molecule has 0 radical (unpaired) electrons. The number of aromatic nitrogens is 2. The molecule has 34 heavy (non-hydrogen) atoms. The molecule has 1 aliphatic heterocycles. The third-order valence-electron chi connectivity index (χ3n) is 6.00. The summed E-state index contributed by atoms with van der Waals surface area (Å²) in [5.41, 5.74) is 3.93. The van der Waals surface area contributed by atoms with Gasteiger partial charge in [0.2, 0.25) is 9.84 Å². The minimum absolute atomic E-state index is 0.0692. The van der Waals surface area contributed by atoms with Crippen molar-refractivity contribution in [3.05, 3.63) is 93.2 Å². The second kappa shape index (κ2) is 7.74. The van der Waals surface area contributed by atoms with Crippen LogP contribution in [-0.4, -0.2) is 23.5 Å². The summed E-state index contributed by atoms with van der Waals surface area (Å²) in [4.78, 5) is 25.3. The van der Waals surface area contributed by atoms with Crippen molar-refractivity contribution in [2.45, 2.75) is 11.8 Å². The summed E-state index contributed by atoms with van der Waals surface area (Å²) in [6.45, 7) is 1.92. The van der Waals surface area contributed by atoms with Crippen LogP contribution in [0.1, 0.15) is 11.1 Å². The minimum atomic E-state index is -4.05. The minimum Gasteiger partial charge on any atom is -0.354 e. The molecule has 0 atom stereocenters. The van der Waals surface area contributed by atoms with Gasteiger partial charge in [-0.2, -0.15) is 0 Å². The van der Waals surface area contributed by atoms with E-state index in [0.29, 0.717) is 22.5 Å². The number of anilines is 2. The highest BCUT2D eigenvalue weighted by molar-refractivity contribution is 7.97. The quantitative estimate of drug-likeness (QED) is 0.472. The Hall–Kier alpha value is -4.11. The van der Waals surface area contributed by atoms with Crippen LogP contribution in [0.25, 0.3) is 16.7 Å². The summed E-state index contributed by atoms with van der Waals surface area (Å²) in [5, 5.41) is 5.84. The van der Waals surface area contributed by atoms with Crippen LogP contribution in [0.3, 0.4) is 0 Å². The fourth-order valence-electron chi connectivity index (χ4n) is 4.19. The molecular formula is C25H22N4O4S. The zero-order valence-electron chi connectivity index (χ0n) is 18.8. The van der Waals surface area contributed by atoms with Crippen LogP contribution >= 0.6 is 0 Å². The summed E-state index contributed by atoms with van der Waals surface area (Å²) >= 11 is 0. The Labute approximate surface area is 196 Å². The molecule has 2 N–H and O–H groups in total. The normalized spacial score (nSPS) is 14.3. The highest BCUT2D eigenvalue weighted by atomic mass is 32.2. The molecule has 1 aromatic heterocycles. The molecular weight excluding hydrogens is 452 g/mol. The number of amides is 1. The molecule has 1 aliphatic rings. The fraction of sp³-hybridized carbons (Fsp3) is 0.120. The molecule has 172 valence electrons. The van der Waals surface area contributed by atoms with E-state index in [4.69, 9.17) is 0 Å². The lowest BCUT2D eigenvalue weighted by Crippen LogP contribution is -2.20. The third-order valence-corrected chi connectivity index (χ3v) is 7.86. The van der Waals surface area contributed by atoms with E-state index in [2.05, 4.69) is 10.6 Å². The summed E-state index contributed by atoms with van der Waals surface area (Å²) in [5.74, 6) is -0.726. The molecule has 4 aromatic rings. The summed E-state index contributed by atoms with van der Waals surface area (Å²) in [6, 6.07) is 18.9. The Bertz CT molecular complexity index is 1680. The predicted molar refractivity (Wildman–Crippen MR) is 132 cm³/mol. The van der Waals surface area contributed by atoms with Crippen molar-refractivity contribution in [3.63, 3.8) is 0 Å². The van der Waals surface area contributed by atoms with Crippen LogP contribution < -0.4 is 16.3 Å². The van der Waals surface area contributed by atoms with Gasteiger partial charge in [0.05, 0.1) is 21.6 Å². The summed E-state index contributed by atoms with van der Waals surface area (Å²) < 4.78 is 29.8. The number of nitrogens with zero attached hydrogens (tertiary/aromatic N) is 2. The Morgan fingerprint density at radius 1 is 0.853 bits per heavy atom. The largest absolute Gasteiger partial charge is 0.354 e. The second-order valence-corrected chi connectivity index (χ2v) is 10.1. The van der Waals surface area contributed by atoms with Crippen molar-refractivity contribution >= 4 is 43.8 Å². The zero-order chi connectivity index (χ0) is 24.2. The van der Waals surface area contributed by atoms with Crippen molar-refractivity contribution < 1.29 is 13.2 Å². The van der Waals surface area contributed by atoms with Crippen LogP contribution in [-0.2, 0) is 28.7 Å². The Kier molecular flexibility index (Phi) is 4.94. The van der Waals surface area contributed by atoms with Gasteiger partial charge in [-0.3, -0.25) is 13.9 Å². The van der Waals surface area contributed by atoms with Gasteiger partial charge in [0.1, 0.15) is 0 Å². The first-order valence-corrected chi connectivity index (χ1v) is 12.1. The van der Waals surface area contributed by atoms with Gasteiger partial charge in [0, 0.05) is 31.0 Å². The SMILES string of the molecule is Cc1ccc(NC(=O)C2=C(Nc3ccc4c(c3)n(C)c(=O)n4C)c3ccccc3S2(=O)=O)cc1. The van der Waals surface area contributed by atoms with E-state index >= 15 is 0 Å². The molecule has 1 amide bonds. The predicted octanol–water partition coefficient (Wildman–Crippen LogP) is 3.39. The van der Waals surface area contributed by atoms with Gasteiger partial charge in [0.25, 0.3) is 5.91 Å². The Morgan fingerprint density at radius 3 is 2.24 bits per heavy atom. The highest BCUT2D eigenvalue weighted by Crippen LogP contribution is 2.40. The van der Waals surface area contributed by atoms with E-state index in [9.17, 15) is 18.0 Å². The van der Waals surface area contributed by atoms with Crippen LogP contribution in [0.15, 0.2) is 81.3 Å². The van der Waals surface area contributed by atoms with Gasteiger partial charge >= 0.3 is 5.69 Å². The number of carbonyl (C=O) groups excluding carboxylic acids is 1. The molecule has 0 saturated carbocycles. The first-order valence-electron chi connectivity index (χ1n) is 10.6. The number of rotatable bonds is 4. The number of carbonyl (C=O) groups is 1. The smallest absolute Gasteiger partial charge is 0.328 e. The number of imidazole rings is 1. The number of hydrogen-bond donors (Lipinski definition) is 2. The van der Waals surface area contributed by atoms with Gasteiger partial charge in [0.15, 0.2) is 4.91 Å². The van der Waals surface area contributed by atoms with Crippen molar-refractivity contribution in [3.8, 4) is 0 Å². The molecule has 9 heteroatoms. The molecule has 0 aliphatic carbocycles. The molecule has 0 fully saturated rings. The van der Waals surface area contributed by atoms with E-state index in [1.165, 1.54) is 15.2 Å². The lowest BCUT2D eigenvalue weighted by atomic mass is 10.1. The average molecular weight is 475 g/mol. The lowest BCUT2D eigenvalue weighted by molar-refractivity contribution is -0.112. The number of hydrogen-bond acceptors (Lipinski definition) is 5. The number of aryl methyl sites for hydroxylation is 3. The number of benzene rings is 3. The number of nitrogens with one attached hydrogen (secondary N) is 2. The van der Waals surface area contributed by atoms with Crippen molar-refractivity contribution in [2.75, 3.05) is 10.6 Å². The second-order valence-electron chi connectivity index (χ2n) is 8.25. The van der Waals surface area contributed by atoms with Crippen LogP contribution in [0.5, 0.6) is 0 Å². The fourth-order valence-corrected chi connectivity index (χ4v) is 5.85. The standard InChI is InChI=1S/C25H22N4O4S/c1-15-8-10-16(11-9-15)27-24(30)23-22(18-6-4-5-7-21(18)34(23,32)33)26-17-12-13-19-20(14-17)29(3)25(31)28(19)2/h4-14,26H,1-3H3,(H,27,30). The summed E-state index contributed by atoms with van der Waals surface area (Å²) in [7, 11) is -0.692. The van der Waals surface area contributed by atoms with Gasteiger partial charge in [-0.05, 0) is 43.3 Å². The summed E-state index contributed by atoms with van der Waals surface area (Å²) in [6.07, 6.45) is 0. The van der Waals surface area contributed by atoms with E-state index in [-0.39, 0.29) is 21.2 Å². The topological polar surface area (TPSA) is 102 Å². The first kappa shape index (κ1) is 21.7. The molecule has 0 saturated heterocycles. The van der Waals surface area contributed by atoms with Crippen molar-refractivity contribution in [1.29, 1.82) is 0 Å². The average Bonchev–Trinajstić information content (AvgIpc) is 3.17. The van der Waals surface area contributed by atoms with E-state index in [0.717, 1.165) is 11.1 Å². The Balaban J connectivity index is 1.63. The maximum absolute atomic E-state index is 13.4. The van der Waals surface area contributed by atoms with Crippen LogP contribution in [0.2, 0.25) is 0 Å². The maximum atomic E-state index is 13.4. The van der Waals surface area contributed by atoms with Gasteiger partial charge < -0.3 is 10.6 Å². The molecule has 2 heterocycles. The molecule has 0 unspecified atom stereocenters. The lowest BCUT2D eigenvalue weighted by Gasteiger charge is -2.12. The van der Waals surface area contributed by atoms with Crippen LogP contribution in [0, 0.1) is 6.92 Å². The molecule has 0 bridgehead atoms. The van der Waals surface area contributed by atoms with Gasteiger partial charge in [-0.25, -0.2) is 13.2 Å². The third kappa shape index (κ3) is 3.32. The molecule has 5 rings (SSSR count). The molecule has 8 nitrogen and oxygen atoms in total. The van der Waals surface area contributed by atoms with Crippen molar-refractivity contribution in [1.82, 2.24) is 9.13 Å². The maximum Gasteiger partial charge on any atom is 0.328 e. The van der Waals surface area contributed by atoms with Gasteiger partial charge in [-0.15, -0.1) is 0 Å². The highest BCUT2D eigenvalue weighted by Gasteiger charge is 2.40. The van der Waals surface area contributed by atoms with Crippen LogP contribution in [0.4, 0.5) is 11.4 Å². The van der Waals surface area contributed by atoms with Crippen molar-refractivity contribution in [2.24, 2.45) is 14.1 Å².